The van der Waals surface area contributed by atoms with E-state index in [0.29, 0.717) is 11.7 Å². The Labute approximate surface area is 159 Å². The third-order valence-electron chi connectivity index (χ3n) is 4.11. The van der Waals surface area contributed by atoms with Gasteiger partial charge in [0.25, 0.3) is 5.91 Å². The molecule has 1 N–H and O–H groups in total. The number of hydrogen-bond donors (Lipinski definition) is 1. The zero-order valence-electron chi connectivity index (χ0n) is 14.9. The van der Waals surface area contributed by atoms with E-state index in [9.17, 15) is 18.0 Å². The van der Waals surface area contributed by atoms with E-state index in [2.05, 4.69) is 15.2 Å². The zero-order chi connectivity index (χ0) is 19.6. The maximum Gasteiger partial charge on any atom is 0.416 e. The smallest absolute Gasteiger partial charge is 0.373 e. The molecule has 9 heteroatoms. The fourth-order valence-corrected chi connectivity index (χ4v) is 3.78. The Hall–Kier alpha value is -1.97. The van der Waals surface area contributed by atoms with E-state index >= 15 is 0 Å². The number of rotatable bonds is 4. The first-order valence-corrected chi connectivity index (χ1v) is 9.39. The van der Waals surface area contributed by atoms with Crippen molar-refractivity contribution in [1.82, 2.24) is 9.88 Å². The summed E-state index contributed by atoms with van der Waals surface area (Å²) in [5, 5.41) is 4.77. The summed E-state index contributed by atoms with van der Waals surface area (Å²) in [6.07, 6.45) is -4.20. The summed E-state index contributed by atoms with van der Waals surface area (Å²) >= 11 is 1.25. The number of ether oxygens (including phenoxy) is 1. The van der Waals surface area contributed by atoms with Gasteiger partial charge in [-0.2, -0.15) is 13.2 Å². The van der Waals surface area contributed by atoms with Crippen LogP contribution in [0.1, 0.15) is 35.5 Å². The Balaban J connectivity index is 1.63. The Bertz CT molecular complexity index is 799. The second-order valence-electron chi connectivity index (χ2n) is 6.63. The first-order chi connectivity index (χ1) is 12.7. The number of nitrogens with zero attached hydrogens (tertiary/aromatic N) is 2. The van der Waals surface area contributed by atoms with E-state index < -0.39 is 17.6 Å². The number of alkyl halides is 3. The van der Waals surface area contributed by atoms with Crippen LogP contribution in [0.4, 0.5) is 18.3 Å². The Morgan fingerprint density at radius 1 is 1.33 bits per heavy atom. The lowest BCUT2D eigenvalue weighted by molar-refractivity contribution is -0.137. The predicted octanol–water partition coefficient (Wildman–Crippen LogP) is 4.02. The summed E-state index contributed by atoms with van der Waals surface area (Å²) < 4.78 is 44.0. The van der Waals surface area contributed by atoms with Crippen LogP contribution in [0.3, 0.4) is 0 Å². The van der Waals surface area contributed by atoms with Gasteiger partial charge in [0, 0.05) is 30.6 Å². The molecule has 0 radical (unpaired) electrons. The Kier molecular flexibility index (Phi) is 5.83. The van der Waals surface area contributed by atoms with Crippen LogP contribution in [0.25, 0.3) is 0 Å². The molecule has 1 aliphatic heterocycles. The van der Waals surface area contributed by atoms with Crippen LogP contribution in [0, 0.1) is 0 Å². The van der Waals surface area contributed by atoms with E-state index in [4.69, 9.17) is 4.74 Å². The summed E-state index contributed by atoms with van der Waals surface area (Å²) in [4.78, 5) is 18.8. The number of morpholine rings is 1. The lowest BCUT2D eigenvalue weighted by Crippen LogP contribution is -2.44. The minimum atomic E-state index is -4.49. The lowest BCUT2D eigenvalue weighted by atomic mass is 10.1. The summed E-state index contributed by atoms with van der Waals surface area (Å²) in [6.45, 7) is 6.27. The molecule has 2 atom stereocenters. The molecular formula is C18H20F3N3O2S. The Morgan fingerprint density at radius 3 is 2.70 bits per heavy atom. The maximum atomic E-state index is 12.8. The molecule has 1 aliphatic rings. The van der Waals surface area contributed by atoms with Crippen molar-refractivity contribution in [3.8, 4) is 0 Å². The van der Waals surface area contributed by atoms with Crippen LogP contribution in [0.15, 0.2) is 29.6 Å². The molecule has 2 heterocycles. The van der Waals surface area contributed by atoms with Crippen molar-refractivity contribution in [3.05, 3.63) is 46.5 Å². The second-order valence-corrected chi connectivity index (χ2v) is 7.49. The molecule has 0 bridgehead atoms. The molecular weight excluding hydrogens is 379 g/mol. The fourth-order valence-electron chi connectivity index (χ4n) is 3.09. The molecule has 1 amide bonds. The van der Waals surface area contributed by atoms with Gasteiger partial charge in [-0.1, -0.05) is 6.07 Å². The van der Waals surface area contributed by atoms with Gasteiger partial charge in [0.2, 0.25) is 0 Å². The first-order valence-electron chi connectivity index (χ1n) is 8.51. The number of anilines is 1. The SMILES string of the molecule is CC1CN(Cc2csc(NC(=O)c3cccc(C(F)(F)F)c3)n2)CC(C)O1. The van der Waals surface area contributed by atoms with E-state index in [1.54, 1.807) is 0 Å². The topological polar surface area (TPSA) is 54.5 Å². The summed E-state index contributed by atoms with van der Waals surface area (Å²) in [7, 11) is 0. The van der Waals surface area contributed by atoms with Crippen LogP contribution in [-0.2, 0) is 17.5 Å². The number of hydrogen-bond acceptors (Lipinski definition) is 5. The highest BCUT2D eigenvalue weighted by Gasteiger charge is 2.31. The van der Waals surface area contributed by atoms with Crippen molar-refractivity contribution in [2.45, 2.75) is 38.8 Å². The number of carbonyl (C=O) groups is 1. The summed E-state index contributed by atoms with van der Waals surface area (Å²) in [5.41, 5.74) is -0.108. The summed E-state index contributed by atoms with van der Waals surface area (Å²) in [6, 6.07) is 4.32. The van der Waals surface area contributed by atoms with Gasteiger partial charge in [-0.15, -0.1) is 11.3 Å². The molecule has 3 rings (SSSR count). The van der Waals surface area contributed by atoms with E-state index in [0.717, 1.165) is 30.9 Å². The van der Waals surface area contributed by atoms with Crippen LogP contribution >= 0.6 is 11.3 Å². The third kappa shape index (κ3) is 5.27. The van der Waals surface area contributed by atoms with Gasteiger partial charge in [-0.25, -0.2) is 4.98 Å². The average Bonchev–Trinajstić information content (AvgIpc) is 3.00. The number of nitrogens with one attached hydrogen (secondary N) is 1. The third-order valence-corrected chi connectivity index (χ3v) is 4.91. The molecule has 0 spiro atoms. The molecule has 0 aliphatic carbocycles. The summed E-state index contributed by atoms with van der Waals surface area (Å²) in [5.74, 6) is -0.615. The number of aromatic nitrogens is 1. The lowest BCUT2D eigenvalue weighted by Gasteiger charge is -2.34. The predicted molar refractivity (Wildman–Crippen MR) is 96.8 cm³/mol. The molecule has 1 aromatic carbocycles. The Morgan fingerprint density at radius 2 is 2.04 bits per heavy atom. The number of thiazole rings is 1. The van der Waals surface area contributed by atoms with Gasteiger partial charge < -0.3 is 4.74 Å². The minimum Gasteiger partial charge on any atom is -0.373 e. The molecule has 5 nitrogen and oxygen atoms in total. The normalized spacial score (nSPS) is 21.2. The fraction of sp³-hybridized carbons (Fsp3) is 0.444. The van der Waals surface area contributed by atoms with Crippen molar-refractivity contribution < 1.29 is 22.7 Å². The van der Waals surface area contributed by atoms with Crippen LogP contribution in [0.2, 0.25) is 0 Å². The van der Waals surface area contributed by atoms with Crippen molar-refractivity contribution in [2.75, 3.05) is 18.4 Å². The van der Waals surface area contributed by atoms with Gasteiger partial charge in [0.1, 0.15) is 0 Å². The van der Waals surface area contributed by atoms with Crippen LogP contribution in [0.5, 0.6) is 0 Å². The zero-order valence-corrected chi connectivity index (χ0v) is 15.7. The number of amides is 1. The first kappa shape index (κ1) is 19.8. The van der Waals surface area contributed by atoms with Gasteiger partial charge in [-0.3, -0.25) is 15.0 Å². The van der Waals surface area contributed by atoms with Gasteiger partial charge in [0.15, 0.2) is 5.13 Å². The quantitative estimate of drug-likeness (QED) is 0.844. The molecule has 0 saturated carbocycles. The molecule has 1 saturated heterocycles. The van der Waals surface area contributed by atoms with Gasteiger partial charge >= 0.3 is 6.18 Å². The molecule has 1 fully saturated rings. The molecule has 2 aromatic rings. The highest BCUT2D eigenvalue weighted by atomic mass is 32.1. The van der Waals surface area contributed by atoms with E-state index in [1.807, 2.05) is 19.2 Å². The monoisotopic (exact) mass is 399 g/mol. The largest absolute Gasteiger partial charge is 0.416 e. The number of halogens is 3. The van der Waals surface area contributed by atoms with E-state index in [1.165, 1.54) is 23.5 Å². The van der Waals surface area contributed by atoms with Gasteiger partial charge in [-0.05, 0) is 32.0 Å². The molecule has 1 aromatic heterocycles. The van der Waals surface area contributed by atoms with E-state index in [-0.39, 0.29) is 17.8 Å². The maximum absolute atomic E-state index is 12.8. The highest BCUT2D eigenvalue weighted by Crippen LogP contribution is 2.29. The van der Waals surface area contributed by atoms with Crippen LogP contribution in [-0.4, -0.2) is 41.1 Å². The van der Waals surface area contributed by atoms with Gasteiger partial charge in [0.05, 0.1) is 23.5 Å². The van der Waals surface area contributed by atoms with Crippen molar-refractivity contribution in [1.29, 1.82) is 0 Å². The highest BCUT2D eigenvalue weighted by molar-refractivity contribution is 7.13. The average molecular weight is 399 g/mol. The van der Waals surface area contributed by atoms with Crippen molar-refractivity contribution >= 4 is 22.4 Å². The number of benzene rings is 1. The second kappa shape index (κ2) is 7.95. The van der Waals surface area contributed by atoms with Crippen LogP contribution < -0.4 is 5.32 Å². The standard InChI is InChI=1S/C18H20F3N3O2S/c1-11-7-24(8-12(2)26-11)9-15-10-27-17(22-15)23-16(25)13-4-3-5-14(6-13)18(19,20)21/h3-6,10-12H,7-9H2,1-2H3,(H,22,23,25). The van der Waals surface area contributed by atoms with Crippen molar-refractivity contribution in [3.63, 3.8) is 0 Å². The molecule has 2 unspecified atom stereocenters. The van der Waals surface area contributed by atoms with Crippen molar-refractivity contribution in [2.24, 2.45) is 0 Å². The number of carbonyl (C=O) groups excluding carboxylic acids is 1. The molecule has 146 valence electrons. The minimum absolute atomic E-state index is 0.0580. The molecule has 27 heavy (non-hydrogen) atoms.